The van der Waals surface area contributed by atoms with E-state index < -0.39 is 0 Å². The number of aromatic amines is 1. The van der Waals surface area contributed by atoms with Crippen molar-refractivity contribution < 1.29 is 0 Å². The molecule has 0 spiro atoms. The van der Waals surface area contributed by atoms with Crippen molar-refractivity contribution in [1.82, 2.24) is 14.8 Å². The maximum atomic E-state index is 5.26. The molecule has 1 aliphatic carbocycles. The van der Waals surface area contributed by atoms with Crippen LogP contribution in [0.3, 0.4) is 0 Å². The van der Waals surface area contributed by atoms with Gasteiger partial charge in [0.2, 0.25) is 5.95 Å². The third-order valence-corrected chi connectivity index (χ3v) is 3.11. The molecule has 1 N–H and O–H groups in total. The molecule has 0 aliphatic heterocycles. The highest BCUT2D eigenvalue weighted by molar-refractivity contribution is 7.71. The average Bonchev–Trinajstić information content (AvgIpc) is 2.93. The highest BCUT2D eigenvalue weighted by atomic mass is 32.1. The zero-order valence-corrected chi connectivity index (χ0v) is 10.3. The van der Waals surface area contributed by atoms with Gasteiger partial charge < -0.3 is 4.90 Å². The van der Waals surface area contributed by atoms with Crippen molar-refractivity contribution in [2.45, 2.75) is 45.7 Å². The Kier molecular flexibility index (Phi) is 2.82. The minimum Gasteiger partial charge on any atom is -0.339 e. The van der Waals surface area contributed by atoms with Crippen LogP contribution in [-0.4, -0.2) is 27.4 Å². The van der Waals surface area contributed by atoms with Crippen LogP contribution in [0.2, 0.25) is 0 Å². The first-order chi connectivity index (χ1) is 7.15. The van der Waals surface area contributed by atoms with Gasteiger partial charge in [0, 0.05) is 18.6 Å². The summed E-state index contributed by atoms with van der Waals surface area (Å²) < 4.78 is 2.92. The lowest BCUT2D eigenvalue weighted by atomic mass is 10.3. The van der Waals surface area contributed by atoms with E-state index in [0.717, 1.165) is 17.3 Å². The Morgan fingerprint density at radius 2 is 2.27 bits per heavy atom. The normalized spacial score (nSPS) is 16.0. The molecule has 0 radical (unpaired) electrons. The topological polar surface area (TPSA) is 36.9 Å². The summed E-state index contributed by atoms with van der Waals surface area (Å²) in [6, 6.07) is 1.04. The van der Waals surface area contributed by atoms with Gasteiger partial charge in [-0.05, 0) is 45.8 Å². The van der Waals surface area contributed by atoms with Crippen molar-refractivity contribution in [3.63, 3.8) is 0 Å². The smallest absolute Gasteiger partial charge is 0.226 e. The molecule has 0 atom stereocenters. The van der Waals surface area contributed by atoms with Crippen molar-refractivity contribution in [1.29, 1.82) is 0 Å². The molecule has 15 heavy (non-hydrogen) atoms. The molecule has 5 heteroatoms. The van der Waals surface area contributed by atoms with Gasteiger partial charge in [0.15, 0.2) is 4.77 Å². The number of H-pyrrole nitrogens is 1. The number of hydrogen-bond acceptors (Lipinski definition) is 3. The molecule has 2 rings (SSSR count). The van der Waals surface area contributed by atoms with E-state index in [0.29, 0.717) is 12.1 Å². The van der Waals surface area contributed by atoms with Gasteiger partial charge in [0.1, 0.15) is 0 Å². The number of aromatic nitrogens is 3. The lowest BCUT2D eigenvalue weighted by molar-refractivity contribution is 0.633. The van der Waals surface area contributed by atoms with Crippen LogP contribution in [0.25, 0.3) is 0 Å². The van der Waals surface area contributed by atoms with Gasteiger partial charge in [-0.1, -0.05) is 0 Å². The third-order valence-electron chi connectivity index (χ3n) is 2.82. The minimum absolute atomic E-state index is 0.456. The maximum absolute atomic E-state index is 5.26. The van der Waals surface area contributed by atoms with Gasteiger partial charge in [-0.2, -0.15) is 0 Å². The van der Waals surface area contributed by atoms with Gasteiger partial charge >= 0.3 is 0 Å². The number of nitrogens with zero attached hydrogens (tertiary/aromatic N) is 3. The van der Waals surface area contributed by atoms with E-state index in [1.165, 1.54) is 12.8 Å². The molecule has 1 aromatic rings. The monoisotopic (exact) mass is 226 g/mol. The fourth-order valence-corrected chi connectivity index (χ4v) is 2.17. The van der Waals surface area contributed by atoms with Crippen LogP contribution in [0.15, 0.2) is 0 Å². The number of anilines is 1. The number of hydrogen-bond donors (Lipinski definition) is 1. The van der Waals surface area contributed by atoms with Gasteiger partial charge in [0.25, 0.3) is 0 Å². The largest absolute Gasteiger partial charge is 0.339 e. The molecule has 0 saturated heterocycles. The highest BCUT2D eigenvalue weighted by Gasteiger charge is 2.29. The molecule has 84 valence electrons. The second-order valence-corrected chi connectivity index (χ2v) is 4.70. The summed E-state index contributed by atoms with van der Waals surface area (Å²) in [6.07, 6.45) is 2.47. The Labute approximate surface area is 95.3 Å². The van der Waals surface area contributed by atoms with E-state index >= 15 is 0 Å². The van der Waals surface area contributed by atoms with E-state index in [9.17, 15) is 0 Å². The Balaban J connectivity index is 2.37. The summed E-state index contributed by atoms with van der Waals surface area (Å²) in [7, 11) is 0. The molecule has 1 aliphatic rings. The minimum atomic E-state index is 0.456. The number of rotatable bonds is 4. The summed E-state index contributed by atoms with van der Waals surface area (Å²) in [5, 5.41) is 7.24. The van der Waals surface area contributed by atoms with Gasteiger partial charge in [-0.3, -0.25) is 4.57 Å². The number of nitrogens with one attached hydrogen (secondary N) is 1. The Bertz CT molecular complexity index is 388. The van der Waals surface area contributed by atoms with Gasteiger partial charge in [-0.15, -0.1) is 5.10 Å². The Hall–Kier alpha value is -0.840. The zero-order valence-electron chi connectivity index (χ0n) is 9.53. The van der Waals surface area contributed by atoms with Crippen LogP contribution in [0, 0.1) is 4.77 Å². The second kappa shape index (κ2) is 3.96. The van der Waals surface area contributed by atoms with Crippen LogP contribution in [0.5, 0.6) is 0 Å². The van der Waals surface area contributed by atoms with Crippen LogP contribution in [-0.2, 0) is 0 Å². The molecule has 1 aromatic heterocycles. The Morgan fingerprint density at radius 1 is 1.60 bits per heavy atom. The molecule has 1 saturated carbocycles. The third kappa shape index (κ3) is 1.93. The summed E-state index contributed by atoms with van der Waals surface area (Å²) in [5.74, 6) is 1.00. The van der Waals surface area contributed by atoms with E-state index in [1.807, 2.05) is 0 Å². The second-order valence-electron chi connectivity index (χ2n) is 4.31. The molecular weight excluding hydrogens is 208 g/mol. The van der Waals surface area contributed by atoms with Crippen LogP contribution >= 0.6 is 12.2 Å². The summed E-state index contributed by atoms with van der Waals surface area (Å²) in [4.78, 5) is 2.27. The average molecular weight is 226 g/mol. The molecule has 0 unspecified atom stereocenters. The van der Waals surface area contributed by atoms with Crippen LogP contribution < -0.4 is 4.90 Å². The SMILES string of the molecule is CCN(c1n[nH]c(=S)n1C1CC1)C(C)C. The molecule has 0 amide bonds. The quantitative estimate of drug-likeness (QED) is 0.801. The van der Waals surface area contributed by atoms with Crippen molar-refractivity contribution in [2.24, 2.45) is 0 Å². The lowest BCUT2D eigenvalue weighted by Gasteiger charge is -2.26. The maximum Gasteiger partial charge on any atom is 0.226 e. The Morgan fingerprint density at radius 3 is 2.73 bits per heavy atom. The highest BCUT2D eigenvalue weighted by Crippen LogP contribution is 2.38. The lowest BCUT2D eigenvalue weighted by Crippen LogP contribution is -2.32. The van der Waals surface area contributed by atoms with Crippen molar-refractivity contribution >= 4 is 18.2 Å². The standard InChI is InChI=1S/C10H18N4S/c1-4-13(7(2)3)9-11-12-10(15)14(9)8-5-6-8/h7-8H,4-6H2,1-3H3,(H,12,15). The zero-order chi connectivity index (χ0) is 11.0. The van der Waals surface area contributed by atoms with Crippen molar-refractivity contribution in [3.8, 4) is 0 Å². The molecular formula is C10H18N4S. The fourth-order valence-electron chi connectivity index (χ4n) is 1.90. The molecule has 1 heterocycles. The van der Waals surface area contributed by atoms with Crippen LogP contribution in [0.1, 0.15) is 39.7 Å². The van der Waals surface area contributed by atoms with E-state index in [1.54, 1.807) is 0 Å². The van der Waals surface area contributed by atoms with E-state index in [-0.39, 0.29) is 0 Å². The van der Waals surface area contributed by atoms with Crippen molar-refractivity contribution in [3.05, 3.63) is 4.77 Å². The summed E-state index contributed by atoms with van der Waals surface area (Å²) >= 11 is 5.26. The van der Waals surface area contributed by atoms with Gasteiger partial charge in [-0.25, -0.2) is 5.10 Å². The fraction of sp³-hybridized carbons (Fsp3) is 0.800. The summed E-state index contributed by atoms with van der Waals surface area (Å²) in [5.41, 5.74) is 0. The van der Waals surface area contributed by atoms with E-state index in [2.05, 4.69) is 40.4 Å². The predicted molar refractivity (Wildman–Crippen MR) is 63.8 cm³/mol. The molecule has 0 bridgehead atoms. The molecule has 4 nitrogen and oxygen atoms in total. The first-order valence-electron chi connectivity index (χ1n) is 5.58. The first kappa shape index (κ1) is 10.7. The van der Waals surface area contributed by atoms with Gasteiger partial charge in [0.05, 0.1) is 0 Å². The predicted octanol–water partition coefficient (Wildman–Crippen LogP) is 2.51. The van der Waals surface area contributed by atoms with Crippen molar-refractivity contribution in [2.75, 3.05) is 11.4 Å². The molecule has 0 aromatic carbocycles. The van der Waals surface area contributed by atoms with E-state index in [4.69, 9.17) is 12.2 Å². The first-order valence-corrected chi connectivity index (χ1v) is 5.99. The molecule has 1 fully saturated rings. The van der Waals surface area contributed by atoms with Crippen LogP contribution in [0.4, 0.5) is 5.95 Å². The summed E-state index contributed by atoms with van der Waals surface area (Å²) in [6.45, 7) is 7.47.